The Morgan fingerprint density at radius 1 is 1.53 bits per heavy atom. The molecule has 4 N–H and O–H groups in total. The number of aromatic nitrogens is 4. The Morgan fingerprint density at radius 2 is 2.32 bits per heavy atom. The number of rotatable bonds is 6. The molecule has 0 radical (unpaired) electrons. The lowest BCUT2D eigenvalue weighted by molar-refractivity contribution is 0.567. The molecule has 0 bridgehead atoms. The Kier molecular flexibility index (Phi) is 3.98. The highest BCUT2D eigenvalue weighted by molar-refractivity contribution is 7.89. The van der Waals surface area contributed by atoms with Crippen LogP contribution in [-0.2, 0) is 23.1 Å². The average Bonchev–Trinajstić information content (AvgIpc) is 2.98. The Hall–Kier alpha value is -1.71. The van der Waals surface area contributed by atoms with E-state index in [1.165, 1.54) is 0 Å². The summed E-state index contributed by atoms with van der Waals surface area (Å²) in [6.07, 6.45) is 5.02. The lowest BCUT2D eigenvalue weighted by atomic mass is 10.3. The van der Waals surface area contributed by atoms with Crippen LogP contribution in [0.3, 0.4) is 0 Å². The van der Waals surface area contributed by atoms with Gasteiger partial charge in [0.1, 0.15) is 0 Å². The van der Waals surface area contributed by atoms with Gasteiger partial charge in [-0.3, -0.25) is 5.10 Å². The number of H-pyrrole nitrogens is 1. The van der Waals surface area contributed by atoms with Gasteiger partial charge in [-0.2, -0.15) is 5.10 Å². The van der Waals surface area contributed by atoms with E-state index in [4.69, 9.17) is 5.73 Å². The van der Waals surface area contributed by atoms with Crippen molar-refractivity contribution in [1.82, 2.24) is 24.5 Å². The van der Waals surface area contributed by atoms with Crippen LogP contribution in [0.15, 0.2) is 23.7 Å². The Bertz CT molecular complexity index is 631. The zero-order chi connectivity index (χ0) is 13.9. The summed E-state index contributed by atoms with van der Waals surface area (Å²) in [4.78, 5) is 3.88. The highest BCUT2D eigenvalue weighted by atomic mass is 32.2. The summed E-state index contributed by atoms with van der Waals surface area (Å²) < 4.78 is 28.4. The third-order valence-corrected chi connectivity index (χ3v) is 4.15. The number of nitrogens with one attached hydrogen (secondary N) is 2. The minimum atomic E-state index is -3.64. The van der Waals surface area contributed by atoms with Gasteiger partial charge in [0.05, 0.1) is 6.33 Å². The number of nitrogens with two attached hydrogens (primary N) is 1. The van der Waals surface area contributed by atoms with Gasteiger partial charge in [-0.1, -0.05) is 0 Å². The molecule has 8 nitrogen and oxygen atoms in total. The van der Waals surface area contributed by atoms with Crippen molar-refractivity contribution in [3.05, 3.63) is 30.0 Å². The SMILES string of the molecule is Cc1[nH]nc(S(=O)(=O)NCCn2ccnc2)c1CN. The van der Waals surface area contributed by atoms with E-state index in [9.17, 15) is 8.42 Å². The van der Waals surface area contributed by atoms with E-state index in [2.05, 4.69) is 19.9 Å². The highest BCUT2D eigenvalue weighted by Crippen LogP contribution is 2.14. The van der Waals surface area contributed by atoms with E-state index < -0.39 is 10.0 Å². The maximum atomic E-state index is 12.1. The summed E-state index contributed by atoms with van der Waals surface area (Å²) in [7, 11) is -3.64. The predicted octanol–water partition coefficient (Wildman–Crippen LogP) is -0.648. The maximum Gasteiger partial charge on any atom is 0.260 e. The van der Waals surface area contributed by atoms with Crippen molar-refractivity contribution < 1.29 is 8.42 Å². The minimum absolute atomic E-state index is 0.0295. The first-order valence-electron chi connectivity index (χ1n) is 5.74. The van der Waals surface area contributed by atoms with Crippen LogP contribution in [0.5, 0.6) is 0 Å². The number of aryl methyl sites for hydroxylation is 1. The van der Waals surface area contributed by atoms with E-state index in [0.29, 0.717) is 17.8 Å². The first kappa shape index (κ1) is 13.7. The zero-order valence-corrected chi connectivity index (χ0v) is 11.3. The van der Waals surface area contributed by atoms with Gasteiger partial charge in [0, 0.05) is 43.3 Å². The quantitative estimate of drug-likeness (QED) is 0.651. The van der Waals surface area contributed by atoms with Gasteiger partial charge in [0.15, 0.2) is 5.03 Å². The van der Waals surface area contributed by atoms with Crippen LogP contribution in [0.2, 0.25) is 0 Å². The Labute approximate surface area is 111 Å². The van der Waals surface area contributed by atoms with Crippen molar-refractivity contribution >= 4 is 10.0 Å². The molecular weight excluding hydrogens is 268 g/mol. The summed E-state index contributed by atoms with van der Waals surface area (Å²) in [5, 5.41) is 6.40. The molecule has 0 aromatic carbocycles. The van der Waals surface area contributed by atoms with Crippen LogP contribution >= 0.6 is 0 Å². The number of nitrogens with zero attached hydrogens (tertiary/aromatic N) is 3. The molecule has 104 valence electrons. The fraction of sp³-hybridized carbons (Fsp3) is 0.400. The average molecular weight is 284 g/mol. The monoisotopic (exact) mass is 284 g/mol. The lowest BCUT2D eigenvalue weighted by Crippen LogP contribution is -2.28. The second-order valence-corrected chi connectivity index (χ2v) is 5.72. The molecule has 2 aromatic rings. The Morgan fingerprint density at radius 3 is 2.95 bits per heavy atom. The molecule has 0 saturated carbocycles. The van der Waals surface area contributed by atoms with Crippen molar-refractivity contribution in [3.8, 4) is 0 Å². The molecule has 2 aromatic heterocycles. The van der Waals surface area contributed by atoms with Gasteiger partial charge in [0.2, 0.25) is 0 Å². The van der Waals surface area contributed by atoms with E-state index in [1.807, 2.05) is 0 Å². The number of hydrogen-bond donors (Lipinski definition) is 3. The highest BCUT2D eigenvalue weighted by Gasteiger charge is 2.22. The fourth-order valence-corrected chi connectivity index (χ4v) is 2.91. The molecule has 19 heavy (non-hydrogen) atoms. The van der Waals surface area contributed by atoms with Gasteiger partial charge in [-0.25, -0.2) is 18.1 Å². The van der Waals surface area contributed by atoms with E-state index >= 15 is 0 Å². The summed E-state index contributed by atoms with van der Waals surface area (Å²) in [5.74, 6) is 0. The number of aromatic amines is 1. The van der Waals surface area contributed by atoms with Crippen LogP contribution < -0.4 is 10.5 Å². The Balaban J connectivity index is 2.05. The van der Waals surface area contributed by atoms with E-state index in [0.717, 1.165) is 0 Å². The molecule has 9 heteroatoms. The molecule has 0 fully saturated rings. The number of hydrogen-bond acceptors (Lipinski definition) is 5. The van der Waals surface area contributed by atoms with Crippen molar-refractivity contribution in [2.45, 2.75) is 25.0 Å². The molecule has 0 aliphatic rings. The molecular formula is C10H16N6O2S. The van der Waals surface area contributed by atoms with Gasteiger partial charge >= 0.3 is 0 Å². The molecule has 0 saturated heterocycles. The molecule has 0 spiro atoms. The van der Waals surface area contributed by atoms with Gasteiger partial charge in [-0.05, 0) is 6.92 Å². The van der Waals surface area contributed by atoms with Crippen molar-refractivity contribution in [2.24, 2.45) is 5.73 Å². The topological polar surface area (TPSA) is 119 Å². The molecule has 0 atom stereocenters. The van der Waals surface area contributed by atoms with Crippen LogP contribution in [0.4, 0.5) is 0 Å². The standard InChI is InChI=1S/C10H16N6O2S/c1-8-9(6-11)10(15-14-8)19(17,18)13-3-5-16-4-2-12-7-16/h2,4,7,13H,3,5-6,11H2,1H3,(H,14,15). The number of sulfonamides is 1. The smallest absolute Gasteiger partial charge is 0.260 e. The van der Waals surface area contributed by atoms with Crippen molar-refractivity contribution in [3.63, 3.8) is 0 Å². The third kappa shape index (κ3) is 3.00. The van der Waals surface area contributed by atoms with Crippen LogP contribution in [0, 0.1) is 6.92 Å². The first-order valence-corrected chi connectivity index (χ1v) is 7.22. The van der Waals surface area contributed by atoms with Gasteiger partial charge in [-0.15, -0.1) is 0 Å². The van der Waals surface area contributed by atoms with Gasteiger partial charge < -0.3 is 10.3 Å². The van der Waals surface area contributed by atoms with Crippen molar-refractivity contribution in [2.75, 3.05) is 6.54 Å². The summed E-state index contributed by atoms with van der Waals surface area (Å²) >= 11 is 0. The second-order valence-electron chi connectivity index (χ2n) is 4.03. The number of imidazole rings is 1. The molecule has 0 aliphatic carbocycles. The zero-order valence-electron chi connectivity index (χ0n) is 10.5. The van der Waals surface area contributed by atoms with Crippen molar-refractivity contribution in [1.29, 1.82) is 0 Å². The van der Waals surface area contributed by atoms with Crippen LogP contribution in [-0.4, -0.2) is 34.7 Å². The lowest BCUT2D eigenvalue weighted by Gasteiger charge is -2.06. The second kappa shape index (κ2) is 5.51. The van der Waals surface area contributed by atoms with Crippen LogP contribution in [0.1, 0.15) is 11.3 Å². The summed E-state index contributed by atoms with van der Waals surface area (Å²) in [6, 6.07) is 0. The molecule has 0 unspecified atom stereocenters. The first-order chi connectivity index (χ1) is 9.04. The molecule has 2 heterocycles. The predicted molar refractivity (Wildman–Crippen MR) is 68.6 cm³/mol. The van der Waals surface area contributed by atoms with E-state index in [-0.39, 0.29) is 18.1 Å². The normalized spacial score (nSPS) is 11.9. The van der Waals surface area contributed by atoms with Gasteiger partial charge in [0.25, 0.3) is 10.0 Å². The maximum absolute atomic E-state index is 12.1. The minimum Gasteiger partial charge on any atom is -0.336 e. The summed E-state index contributed by atoms with van der Waals surface area (Å²) in [5.41, 5.74) is 6.71. The molecule has 0 aliphatic heterocycles. The van der Waals surface area contributed by atoms with E-state index in [1.54, 1.807) is 30.2 Å². The largest absolute Gasteiger partial charge is 0.336 e. The van der Waals surface area contributed by atoms with Crippen LogP contribution in [0.25, 0.3) is 0 Å². The fourth-order valence-electron chi connectivity index (χ4n) is 1.69. The third-order valence-electron chi connectivity index (χ3n) is 2.72. The summed E-state index contributed by atoms with van der Waals surface area (Å²) in [6.45, 7) is 2.62. The molecule has 2 rings (SSSR count). The molecule has 0 amide bonds.